The van der Waals surface area contributed by atoms with Crippen molar-refractivity contribution < 1.29 is 4.79 Å². The van der Waals surface area contributed by atoms with Crippen LogP contribution in [0.4, 0.5) is 5.69 Å². The van der Waals surface area contributed by atoms with Gasteiger partial charge >= 0.3 is 0 Å². The van der Waals surface area contributed by atoms with Gasteiger partial charge in [-0.2, -0.15) is 0 Å². The molecule has 19 heavy (non-hydrogen) atoms. The maximum Gasteiger partial charge on any atom is 0.255 e. The SMILES string of the molecule is CNc1cc(C)ncc1C(=O)NCc1nncn1C. The Labute approximate surface area is 111 Å². The van der Waals surface area contributed by atoms with E-state index in [1.54, 1.807) is 24.1 Å². The zero-order chi connectivity index (χ0) is 13.8. The molecule has 0 aliphatic heterocycles. The first-order valence-corrected chi connectivity index (χ1v) is 5.87. The predicted molar refractivity (Wildman–Crippen MR) is 70.7 cm³/mol. The number of hydrogen-bond donors (Lipinski definition) is 2. The van der Waals surface area contributed by atoms with Crippen molar-refractivity contribution in [2.45, 2.75) is 13.5 Å². The maximum absolute atomic E-state index is 12.1. The molecular formula is C12H16N6O. The number of carbonyl (C=O) groups excluding carboxylic acids is 1. The predicted octanol–water partition coefficient (Wildman–Crippen LogP) is 0.490. The number of pyridine rings is 1. The summed E-state index contributed by atoms with van der Waals surface area (Å²) in [7, 11) is 3.60. The van der Waals surface area contributed by atoms with Crippen molar-refractivity contribution in [3.8, 4) is 0 Å². The second-order valence-electron chi connectivity index (χ2n) is 4.16. The van der Waals surface area contributed by atoms with E-state index in [1.807, 2.05) is 20.0 Å². The normalized spacial score (nSPS) is 10.3. The van der Waals surface area contributed by atoms with Crippen molar-refractivity contribution in [2.75, 3.05) is 12.4 Å². The molecule has 7 nitrogen and oxygen atoms in total. The van der Waals surface area contributed by atoms with Crippen LogP contribution in [0.5, 0.6) is 0 Å². The average Bonchev–Trinajstić information content (AvgIpc) is 2.81. The fourth-order valence-electron chi connectivity index (χ4n) is 1.67. The molecular weight excluding hydrogens is 244 g/mol. The third-order valence-electron chi connectivity index (χ3n) is 2.77. The monoisotopic (exact) mass is 260 g/mol. The fourth-order valence-corrected chi connectivity index (χ4v) is 1.67. The minimum atomic E-state index is -0.195. The molecule has 2 heterocycles. The quantitative estimate of drug-likeness (QED) is 0.835. The van der Waals surface area contributed by atoms with Gasteiger partial charge in [-0.1, -0.05) is 0 Å². The summed E-state index contributed by atoms with van der Waals surface area (Å²) < 4.78 is 1.76. The molecule has 0 atom stereocenters. The molecule has 2 aromatic rings. The van der Waals surface area contributed by atoms with E-state index in [2.05, 4.69) is 25.8 Å². The van der Waals surface area contributed by atoms with Crippen LogP contribution in [-0.4, -0.2) is 32.7 Å². The van der Waals surface area contributed by atoms with Gasteiger partial charge in [-0.15, -0.1) is 10.2 Å². The second kappa shape index (κ2) is 5.47. The molecule has 0 aliphatic carbocycles. The van der Waals surface area contributed by atoms with Gasteiger partial charge in [0, 0.05) is 26.0 Å². The summed E-state index contributed by atoms with van der Waals surface area (Å²) in [4.78, 5) is 16.2. The van der Waals surface area contributed by atoms with Gasteiger partial charge in [0.2, 0.25) is 0 Å². The van der Waals surface area contributed by atoms with E-state index in [-0.39, 0.29) is 5.91 Å². The van der Waals surface area contributed by atoms with Crippen molar-refractivity contribution >= 4 is 11.6 Å². The molecule has 100 valence electrons. The lowest BCUT2D eigenvalue weighted by Crippen LogP contribution is -2.25. The summed E-state index contributed by atoms with van der Waals surface area (Å²) in [6.45, 7) is 2.20. The summed E-state index contributed by atoms with van der Waals surface area (Å²) in [6, 6.07) is 1.83. The molecule has 1 amide bonds. The molecule has 2 rings (SSSR count). The van der Waals surface area contributed by atoms with E-state index < -0.39 is 0 Å². The van der Waals surface area contributed by atoms with E-state index in [1.165, 1.54) is 0 Å². The molecule has 0 saturated carbocycles. The van der Waals surface area contributed by atoms with E-state index in [0.717, 1.165) is 11.4 Å². The van der Waals surface area contributed by atoms with Crippen LogP contribution in [0.25, 0.3) is 0 Å². The molecule has 0 bridgehead atoms. The van der Waals surface area contributed by atoms with Crippen molar-refractivity contribution in [3.63, 3.8) is 0 Å². The Morgan fingerprint density at radius 2 is 2.26 bits per heavy atom. The molecule has 2 N–H and O–H groups in total. The Kier molecular flexibility index (Phi) is 3.74. The maximum atomic E-state index is 12.1. The van der Waals surface area contributed by atoms with Crippen LogP contribution in [0.15, 0.2) is 18.6 Å². The molecule has 0 saturated heterocycles. The van der Waals surface area contributed by atoms with E-state index in [0.29, 0.717) is 17.9 Å². The molecule has 0 unspecified atom stereocenters. The first-order chi connectivity index (χ1) is 9.11. The standard InChI is InChI=1S/C12H16N6O/c1-8-4-10(13-2)9(5-14-8)12(19)15-6-11-17-16-7-18(11)3/h4-5,7H,6H2,1-3H3,(H,13,14)(H,15,19). The van der Waals surface area contributed by atoms with Gasteiger partial charge in [0.05, 0.1) is 17.8 Å². The number of hydrogen-bond acceptors (Lipinski definition) is 5. The minimum absolute atomic E-state index is 0.195. The summed E-state index contributed by atoms with van der Waals surface area (Å²) >= 11 is 0. The van der Waals surface area contributed by atoms with Gasteiger partial charge in [0.25, 0.3) is 5.91 Å². The van der Waals surface area contributed by atoms with Crippen molar-refractivity contribution in [3.05, 3.63) is 35.7 Å². The van der Waals surface area contributed by atoms with Crippen LogP contribution < -0.4 is 10.6 Å². The lowest BCUT2D eigenvalue weighted by Gasteiger charge is -2.09. The molecule has 0 aliphatic rings. The topological polar surface area (TPSA) is 84.7 Å². The lowest BCUT2D eigenvalue weighted by atomic mass is 10.2. The second-order valence-corrected chi connectivity index (χ2v) is 4.16. The number of aromatic nitrogens is 4. The molecule has 2 aromatic heterocycles. The van der Waals surface area contributed by atoms with Crippen molar-refractivity contribution in [1.82, 2.24) is 25.1 Å². The summed E-state index contributed by atoms with van der Waals surface area (Å²) in [5.41, 5.74) is 2.12. The van der Waals surface area contributed by atoms with Crippen LogP contribution >= 0.6 is 0 Å². The van der Waals surface area contributed by atoms with Crippen LogP contribution in [0.3, 0.4) is 0 Å². The van der Waals surface area contributed by atoms with Crippen molar-refractivity contribution in [2.24, 2.45) is 7.05 Å². The van der Waals surface area contributed by atoms with E-state index in [9.17, 15) is 4.79 Å². The molecule has 0 spiro atoms. The number of nitrogens with one attached hydrogen (secondary N) is 2. The smallest absolute Gasteiger partial charge is 0.255 e. The third-order valence-corrected chi connectivity index (χ3v) is 2.77. The fraction of sp³-hybridized carbons (Fsp3) is 0.333. The van der Waals surface area contributed by atoms with Gasteiger partial charge in [0.15, 0.2) is 5.82 Å². The highest BCUT2D eigenvalue weighted by molar-refractivity contribution is 5.99. The van der Waals surface area contributed by atoms with E-state index >= 15 is 0 Å². The molecule has 0 radical (unpaired) electrons. The highest BCUT2D eigenvalue weighted by Crippen LogP contribution is 2.14. The largest absolute Gasteiger partial charge is 0.387 e. The van der Waals surface area contributed by atoms with Crippen molar-refractivity contribution in [1.29, 1.82) is 0 Å². The van der Waals surface area contributed by atoms with E-state index in [4.69, 9.17) is 0 Å². The molecule has 0 aromatic carbocycles. The van der Waals surface area contributed by atoms with Crippen LogP contribution in [-0.2, 0) is 13.6 Å². The zero-order valence-corrected chi connectivity index (χ0v) is 11.1. The molecule has 0 fully saturated rings. The summed E-state index contributed by atoms with van der Waals surface area (Å²) in [6.07, 6.45) is 3.15. The number of carbonyl (C=O) groups is 1. The zero-order valence-electron chi connectivity index (χ0n) is 11.1. The number of nitrogens with zero attached hydrogens (tertiary/aromatic N) is 4. The first-order valence-electron chi connectivity index (χ1n) is 5.87. The Balaban J connectivity index is 2.10. The lowest BCUT2D eigenvalue weighted by molar-refractivity contribution is 0.0950. The van der Waals surface area contributed by atoms with Crippen LogP contribution in [0.2, 0.25) is 0 Å². The average molecular weight is 260 g/mol. The Morgan fingerprint density at radius 1 is 1.47 bits per heavy atom. The Bertz CT molecular complexity index is 592. The number of anilines is 1. The number of aryl methyl sites for hydroxylation is 2. The molecule has 7 heteroatoms. The summed E-state index contributed by atoms with van der Waals surface area (Å²) in [5.74, 6) is 0.499. The minimum Gasteiger partial charge on any atom is -0.387 e. The Morgan fingerprint density at radius 3 is 2.89 bits per heavy atom. The van der Waals surface area contributed by atoms with Crippen LogP contribution in [0.1, 0.15) is 21.9 Å². The van der Waals surface area contributed by atoms with Gasteiger partial charge in [-0.3, -0.25) is 9.78 Å². The van der Waals surface area contributed by atoms with Gasteiger partial charge in [0.1, 0.15) is 6.33 Å². The first kappa shape index (κ1) is 13.0. The Hall–Kier alpha value is -2.44. The van der Waals surface area contributed by atoms with Gasteiger partial charge in [-0.25, -0.2) is 0 Å². The van der Waals surface area contributed by atoms with Gasteiger partial charge in [-0.05, 0) is 13.0 Å². The summed E-state index contributed by atoms with van der Waals surface area (Å²) in [5, 5.41) is 13.4. The number of rotatable bonds is 4. The van der Waals surface area contributed by atoms with Gasteiger partial charge < -0.3 is 15.2 Å². The van der Waals surface area contributed by atoms with Crippen LogP contribution in [0, 0.1) is 6.92 Å². The highest BCUT2D eigenvalue weighted by atomic mass is 16.1. The third kappa shape index (κ3) is 2.87. The number of amides is 1. The highest BCUT2D eigenvalue weighted by Gasteiger charge is 2.12.